The molecule has 1 radical (unpaired) electrons. The van der Waals surface area contributed by atoms with Gasteiger partial charge in [0, 0.05) is 26.3 Å². The van der Waals surface area contributed by atoms with Crippen LogP contribution in [0.3, 0.4) is 0 Å². The predicted octanol–water partition coefficient (Wildman–Crippen LogP) is 6.06. The normalized spacial score (nSPS) is 31.2. The first-order chi connectivity index (χ1) is 11.9. The molecule has 1 aromatic carbocycles. The molecule has 2 heteroatoms. The zero-order chi connectivity index (χ0) is 15.7. The molecule has 1 nitrogen and oxygen atoms in total. The first-order valence-electron chi connectivity index (χ1n) is 9.92. The minimum atomic E-state index is 0. The van der Waals surface area contributed by atoms with Crippen molar-refractivity contribution < 1.29 is 20.1 Å². The van der Waals surface area contributed by atoms with Crippen LogP contribution < -0.4 is 0 Å². The van der Waals surface area contributed by atoms with E-state index in [-0.39, 0.29) is 20.1 Å². The molecule has 0 unspecified atom stereocenters. The van der Waals surface area contributed by atoms with Gasteiger partial charge in [0.05, 0.1) is 0 Å². The van der Waals surface area contributed by atoms with Crippen LogP contribution in [0.4, 0.5) is 0 Å². The Morgan fingerprint density at radius 2 is 1.20 bits per heavy atom. The molecule has 4 bridgehead atoms. The van der Waals surface area contributed by atoms with E-state index in [9.17, 15) is 0 Å². The molecule has 0 N–H and O–H groups in total. The zero-order valence-electron chi connectivity index (χ0n) is 14.6. The Morgan fingerprint density at radius 3 is 1.84 bits per heavy atom. The smallest absolute Gasteiger partial charge is 0.0198 e. The van der Waals surface area contributed by atoms with Crippen LogP contribution in [-0.2, 0) is 20.1 Å². The van der Waals surface area contributed by atoms with Gasteiger partial charge in [-0.05, 0) is 73.1 Å². The van der Waals surface area contributed by atoms with Crippen LogP contribution in [0.1, 0.15) is 97.3 Å². The van der Waals surface area contributed by atoms with E-state index in [0.29, 0.717) is 0 Å². The summed E-state index contributed by atoms with van der Waals surface area (Å²) < 4.78 is 0. The van der Waals surface area contributed by atoms with Gasteiger partial charge in [-0.15, -0.1) is 34.9 Å². The maximum absolute atomic E-state index is 4.86. The minimum absolute atomic E-state index is 0. The van der Waals surface area contributed by atoms with E-state index in [2.05, 4.69) is 30.5 Å². The predicted molar refractivity (Wildman–Crippen MR) is 96.4 cm³/mol. The largest absolute Gasteiger partial charge is 0.304 e. The summed E-state index contributed by atoms with van der Waals surface area (Å²) in [6.07, 6.45) is 13.3. The molecule has 6 aliphatic carbocycles. The average Bonchev–Trinajstić information content (AvgIpc) is 2.69. The minimum Gasteiger partial charge on any atom is -0.304 e. The quantitative estimate of drug-likeness (QED) is 0.429. The van der Waals surface area contributed by atoms with Crippen molar-refractivity contribution >= 4 is 0 Å². The van der Waals surface area contributed by atoms with E-state index in [0.717, 1.165) is 29.4 Å². The molecule has 6 aliphatic rings. The van der Waals surface area contributed by atoms with Crippen molar-refractivity contribution in [2.24, 2.45) is 0 Å². The van der Waals surface area contributed by atoms with E-state index in [1.807, 2.05) is 0 Å². The molecule has 0 amide bonds. The number of fused-ring (bicyclic) bond motifs is 4. The molecular weight excluding hydrogens is 482 g/mol. The molecule has 0 saturated heterocycles. The van der Waals surface area contributed by atoms with Crippen LogP contribution in [-0.4, -0.2) is 4.98 Å². The molecule has 0 atom stereocenters. The summed E-state index contributed by atoms with van der Waals surface area (Å²) in [7, 11) is 0. The summed E-state index contributed by atoms with van der Waals surface area (Å²) >= 11 is 0. The Kier molecular flexibility index (Phi) is 3.91. The molecule has 8 rings (SSSR count). The van der Waals surface area contributed by atoms with Gasteiger partial charge in [0.1, 0.15) is 0 Å². The Balaban J connectivity index is 0.00000140. The van der Waals surface area contributed by atoms with E-state index in [1.165, 1.54) is 56.9 Å². The van der Waals surface area contributed by atoms with Gasteiger partial charge in [-0.2, -0.15) is 0 Å². The second-order valence-corrected chi connectivity index (χ2v) is 8.55. The molecule has 2 fully saturated rings. The van der Waals surface area contributed by atoms with Crippen molar-refractivity contribution in [2.45, 2.75) is 75.0 Å². The van der Waals surface area contributed by atoms with Gasteiger partial charge < -0.3 is 4.98 Å². The molecule has 2 saturated carbocycles. The maximum atomic E-state index is 4.86. The number of hydrogen-bond acceptors (Lipinski definition) is 1. The van der Waals surface area contributed by atoms with Crippen LogP contribution in [0.15, 0.2) is 24.4 Å². The number of aromatic nitrogens is 1. The van der Waals surface area contributed by atoms with Crippen molar-refractivity contribution in [2.75, 3.05) is 0 Å². The van der Waals surface area contributed by atoms with Crippen molar-refractivity contribution in [3.8, 4) is 11.3 Å². The van der Waals surface area contributed by atoms with E-state index < -0.39 is 0 Å². The zero-order valence-corrected chi connectivity index (χ0v) is 17.0. The Bertz CT molecular complexity index is 741. The van der Waals surface area contributed by atoms with E-state index in [1.54, 1.807) is 22.3 Å². The molecule has 1 aromatic heterocycles. The summed E-state index contributed by atoms with van der Waals surface area (Å²) in [4.78, 5) is 4.86. The van der Waals surface area contributed by atoms with Gasteiger partial charge in [0.25, 0.3) is 0 Å². The standard InChI is InChI=1S/C23H24N.Ir/c1-3-15-4-2-14(1)19-10-9-18(11-20(15)19)23-12-21-16-5-7-17(8-6-16)22(21)13-24-23;/h10-17H,1-8H2;/q-1;. The van der Waals surface area contributed by atoms with Crippen molar-refractivity contribution in [3.63, 3.8) is 0 Å². The third-order valence-electron chi connectivity index (χ3n) is 7.47. The fraction of sp³-hybridized carbons (Fsp3) is 0.522. The molecule has 131 valence electrons. The first kappa shape index (κ1) is 16.2. The number of pyridine rings is 1. The molecule has 1 heterocycles. The molecule has 0 aliphatic heterocycles. The second kappa shape index (κ2) is 6.03. The molecule has 25 heavy (non-hydrogen) atoms. The van der Waals surface area contributed by atoms with Crippen LogP contribution in [0.25, 0.3) is 11.3 Å². The maximum Gasteiger partial charge on any atom is 0.0198 e. The molecule has 0 spiro atoms. The summed E-state index contributed by atoms with van der Waals surface area (Å²) in [5.74, 6) is 3.18. The summed E-state index contributed by atoms with van der Waals surface area (Å²) in [6.45, 7) is 0. The Hall–Kier alpha value is -0.981. The van der Waals surface area contributed by atoms with Gasteiger partial charge in [-0.25, -0.2) is 0 Å². The number of benzene rings is 1. The second-order valence-electron chi connectivity index (χ2n) is 8.55. The van der Waals surface area contributed by atoms with Crippen molar-refractivity contribution in [1.82, 2.24) is 4.98 Å². The Labute approximate surface area is 164 Å². The fourth-order valence-electron chi connectivity index (χ4n) is 6.13. The van der Waals surface area contributed by atoms with E-state index in [4.69, 9.17) is 4.98 Å². The first-order valence-corrected chi connectivity index (χ1v) is 9.92. The molecule has 2 aromatic rings. The van der Waals surface area contributed by atoms with Crippen LogP contribution in [0.5, 0.6) is 0 Å². The van der Waals surface area contributed by atoms with Gasteiger partial charge in [0.15, 0.2) is 0 Å². The van der Waals surface area contributed by atoms with Gasteiger partial charge in [-0.3, -0.25) is 0 Å². The number of hydrogen-bond donors (Lipinski definition) is 0. The van der Waals surface area contributed by atoms with Crippen molar-refractivity contribution in [3.05, 3.63) is 52.7 Å². The third-order valence-corrected chi connectivity index (χ3v) is 7.47. The topological polar surface area (TPSA) is 12.9 Å². The summed E-state index contributed by atoms with van der Waals surface area (Å²) in [5.41, 5.74) is 8.76. The van der Waals surface area contributed by atoms with Crippen LogP contribution in [0.2, 0.25) is 0 Å². The fourth-order valence-corrected chi connectivity index (χ4v) is 6.13. The van der Waals surface area contributed by atoms with Gasteiger partial charge >= 0.3 is 0 Å². The van der Waals surface area contributed by atoms with Gasteiger partial charge in [0.2, 0.25) is 0 Å². The number of nitrogens with zero attached hydrogens (tertiary/aromatic N) is 1. The third kappa shape index (κ3) is 2.41. The summed E-state index contributed by atoms with van der Waals surface area (Å²) in [5, 5.41) is 0. The van der Waals surface area contributed by atoms with Gasteiger partial charge in [-0.1, -0.05) is 24.8 Å². The van der Waals surface area contributed by atoms with Crippen LogP contribution in [0, 0.1) is 6.07 Å². The van der Waals surface area contributed by atoms with Crippen molar-refractivity contribution in [1.29, 1.82) is 0 Å². The molecular formula is C23H24IrN-. The monoisotopic (exact) mass is 507 g/mol. The SMILES string of the molecule is [Ir].[c-]1cc2c(cc1-c1cc3c(cn1)C1CCC3CC1)C1CCC2CC1. The number of rotatable bonds is 1. The Morgan fingerprint density at radius 1 is 0.680 bits per heavy atom. The summed E-state index contributed by atoms with van der Waals surface area (Å²) in [6, 6.07) is 10.7. The average molecular weight is 507 g/mol. The van der Waals surface area contributed by atoms with E-state index >= 15 is 0 Å². The van der Waals surface area contributed by atoms with Crippen LogP contribution >= 0.6 is 0 Å².